The van der Waals surface area contributed by atoms with Crippen LogP contribution in [0.3, 0.4) is 0 Å². The molecule has 0 fully saturated rings. The van der Waals surface area contributed by atoms with Crippen molar-refractivity contribution in [2.75, 3.05) is 19.5 Å². The van der Waals surface area contributed by atoms with E-state index >= 15 is 0 Å². The lowest BCUT2D eigenvalue weighted by molar-refractivity contribution is -0.116. The molecule has 7 heteroatoms. The normalized spacial score (nSPS) is 10.6. The number of aromatic amines is 1. The monoisotopic (exact) mass is 340 g/mol. The van der Waals surface area contributed by atoms with E-state index in [0.29, 0.717) is 29.4 Å². The SMILES string of the molecule is COc1cc2nc(NC(=O)CCCc3ccccn3)[nH]c2cc1OC. The summed E-state index contributed by atoms with van der Waals surface area (Å²) in [4.78, 5) is 23.8. The molecule has 130 valence electrons. The molecular formula is C18H20N4O3. The molecule has 1 amide bonds. The second-order valence-corrected chi connectivity index (χ2v) is 5.53. The molecule has 7 nitrogen and oxygen atoms in total. The van der Waals surface area contributed by atoms with Gasteiger partial charge in [-0.2, -0.15) is 0 Å². The van der Waals surface area contributed by atoms with E-state index in [4.69, 9.17) is 9.47 Å². The lowest BCUT2D eigenvalue weighted by Gasteiger charge is -2.06. The van der Waals surface area contributed by atoms with E-state index < -0.39 is 0 Å². The van der Waals surface area contributed by atoms with Crippen molar-refractivity contribution in [3.8, 4) is 11.5 Å². The van der Waals surface area contributed by atoms with Crippen LogP contribution < -0.4 is 14.8 Å². The number of ether oxygens (including phenoxy) is 2. The molecule has 2 heterocycles. The number of hydrogen-bond donors (Lipinski definition) is 2. The summed E-state index contributed by atoms with van der Waals surface area (Å²) in [5.41, 5.74) is 2.45. The van der Waals surface area contributed by atoms with E-state index in [0.717, 1.165) is 24.1 Å². The lowest BCUT2D eigenvalue weighted by atomic mass is 10.2. The van der Waals surface area contributed by atoms with E-state index in [1.54, 1.807) is 32.5 Å². The zero-order valence-corrected chi connectivity index (χ0v) is 14.2. The van der Waals surface area contributed by atoms with E-state index in [9.17, 15) is 4.79 Å². The Balaban J connectivity index is 1.61. The molecule has 0 saturated heterocycles. The molecular weight excluding hydrogens is 320 g/mol. The van der Waals surface area contributed by atoms with Crippen LogP contribution in [0.1, 0.15) is 18.5 Å². The average Bonchev–Trinajstić information content (AvgIpc) is 3.02. The van der Waals surface area contributed by atoms with Crippen LogP contribution in [-0.2, 0) is 11.2 Å². The number of aromatic nitrogens is 3. The van der Waals surface area contributed by atoms with Gasteiger partial charge in [0, 0.05) is 30.4 Å². The maximum absolute atomic E-state index is 12.1. The second kappa shape index (κ2) is 7.65. The number of carbonyl (C=O) groups excluding carboxylic acids is 1. The molecule has 0 aliphatic rings. The first-order valence-electron chi connectivity index (χ1n) is 8.01. The van der Waals surface area contributed by atoms with Crippen LogP contribution in [0.2, 0.25) is 0 Å². The third-order valence-corrected chi connectivity index (χ3v) is 3.81. The quantitative estimate of drug-likeness (QED) is 0.690. The predicted octanol–water partition coefficient (Wildman–Crippen LogP) is 2.94. The van der Waals surface area contributed by atoms with Crippen LogP contribution in [0.25, 0.3) is 11.0 Å². The fourth-order valence-corrected chi connectivity index (χ4v) is 2.57. The number of aryl methyl sites for hydroxylation is 1. The highest BCUT2D eigenvalue weighted by molar-refractivity contribution is 5.91. The summed E-state index contributed by atoms with van der Waals surface area (Å²) in [7, 11) is 3.14. The van der Waals surface area contributed by atoms with Gasteiger partial charge in [-0.1, -0.05) is 6.07 Å². The number of anilines is 1. The molecule has 2 aromatic heterocycles. The molecule has 0 unspecified atom stereocenters. The van der Waals surface area contributed by atoms with Crippen LogP contribution in [0.5, 0.6) is 11.5 Å². The molecule has 3 aromatic rings. The van der Waals surface area contributed by atoms with Crippen molar-refractivity contribution >= 4 is 22.9 Å². The average molecular weight is 340 g/mol. The third kappa shape index (κ3) is 4.06. The van der Waals surface area contributed by atoms with Gasteiger partial charge in [-0.3, -0.25) is 15.1 Å². The van der Waals surface area contributed by atoms with Crippen molar-refractivity contribution in [2.24, 2.45) is 0 Å². The van der Waals surface area contributed by atoms with E-state index in [1.807, 2.05) is 18.2 Å². The molecule has 0 radical (unpaired) electrons. The molecule has 3 rings (SSSR count). The summed E-state index contributed by atoms with van der Waals surface area (Å²) >= 11 is 0. The molecule has 0 bridgehead atoms. The molecule has 1 aromatic carbocycles. The summed E-state index contributed by atoms with van der Waals surface area (Å²) in [5, 5.41) is 2.78. The van der Waals surface area contributed by atoms with Gasteiger partial charge in [-0.25, -0.2) is 4.98 Å². The molecule has 0 aliphatic carbocycles. The largest absolute Gasteiger partial charge is 0.493 e. The van der Waals surface area contributed by atoms with Crippen molar-refractivity contribution in [1.82, 2.24) is 15.0 Å². The molecule has 0 aliphatic heterocycles. The highest BCUT2D eigenvalue weighted by atomic mass is 16.5. The molecule has 0 saturated carbocycles. The number of fused-ring (bicyclic) bond motifs is 1. The van der Waals surface area contributed by atoms with Gasteiger partial charge in [-0.05, 0) is 25.0 Å². The predicted molar refractivity (Wildman–Crippen MR) is 95.0 cm³/mol. The Morgan fingerprint density at radius 3 is 2.72 bits per heavy atom. The minimum Gasteiger partial charge on any atom is -0.493 e. The Bertz CT molecular complexity index is 820. The Kier molecular flexibility index (Phi) is 5.13. The topological polar surface area (TPSA) is 89.1 Å². The number of amides is 1. The summed E-state index contributed by atoms with van der Waals surface area (Å²) in [6, 6.07) is 9.33. The van der Waals surface area contributed by atoms with Gasteiger partial charge in [0.2, 0.25) is 11.9 Å². The number of methoxy groups -OCH3 is 2. The van der Waals surface area contributed by atoms with Crippen LogP contribution in [0, 0.1) is 0 Å². The van der Waals surface area contributed by atoms with E-state index in [1.165, 1.54) is 0 Å². The zero-order chi connectivity index (χ0) is 17.6. The summed E-state index contributed by atoms with van der Waals surface area (Å²) < 4.78 is 10.5. The zero-order valence-electron chi connectivity index (χ0n) is 14.2. The van der Waals surface area contributed by atoms with Crippen molar-refractivity contribution in [3.05, 3.63) is 42.2 Å². The number of hydrogen-bond acceptors (Lipinski definition) is 5. The van der Waals surface area contributed by atoms with Crippen LogP contribution in [-0.4, -0.2) is 35.1 Å². The number of imidazole rings is 1. The van der Waals surface area contributed by atoms with Crippen LogP contribution >= 0.6 is 0 Å². The lowest BCUT2D eigenvalue weighted by Crippen LogP contribution is -2.12. The van der Waals surface area contributed by atoms with Crippen LogP contribution in [0.4, 0.5) is 5.95 Å². The van der Waals surface area contributed by atoms with Crippen molar-refractivity contribution in [1.29, 1.82) is 0 Å². The number of nitrogens with zero attached hydrogens (tertiary/aromatic N) is 2. The molecule has 0 spiro atoms. The number of nitrogens with one attached hydrogen (secondary N) is 2. The fraction of sp³-hybridized carbons (Fsp3) is 0.278. The molecule has 25 heavy (non-hydrogen) atoms. The maximum Gasteiger partial charge on any atom is 0.226 e. The minimum atomic E-state index is -0.0890. The van der Waals surface area contributed by atoms with Gasteiger partial charge < -0.3 is 14.5 Å². The molecule has 0 atom stereocenters. The number of rotatable bonds is 7. The first-order valence-corrected chi connectivity index (χ1v) is 8.01. The number of carbonyl (C=O) groups is 1. The van der Waals surface area contributed by atoms with E-state index in [2.05, 4.69) is 20.3 Å². The highest BCUT2D eigenvalue weighted by Crippen LogP contribution is 2.31. The maximum atomic E-state index is 12.1. The van der Waals surface area contributed by atoms with Crippen molar-refractivity contribution in [3.63, 3.8) is 0 Å². The van der Waals surface area contributed by atoms with Gasteiger partial charge in [0.1, 0.15) is 0 Å². The van der Waals surface area contributed by atoms with Gasteiger partial charge in [-0.15, -0.1) is 0 Å². The molecule has 2 N–H and O–H groups in total. The van der Waals surface area contributed by atoms with Gasteiger partial charge in [0.15, 0.2) is 11.5 Å². The van der Waals surface area contributed by atoms with Crippen molar-refractivity contribution in [2.45, 2.75) is 19.3 Å². The second-order valence-electron chi connectivity index (χ2n) is 5.53. The van der Waals surface area contributed by atoms with Gasteiger partial charge in [0.05, 0.1) is 25.3 Å². The van der Waals surface area contributed by atoms with Gasteiger partial charge >= 0.3 is 0 Å². The fourth-order valence-electron chi connectivity index (χ4n) is 2.57. The Morgan fingerprint density at radius 1 is 1.20 bits per heavy atom. The Hall–Kier alpha value is -3.09. The van der Waals surface area contributed by atoms with Crippen molar-refractivity contribution < 1.29 is 14.3 Å². The number of H-pyrrole nitrogens is 1. The first kappa shape index (κ1) is 16.8. The Morgan fingerprint density at radius 2 is 2.00 bits per heavy atom. The smallest absolute Gasteiger partial charge is 0.226 e. The third-order valence-electron chi connectivity index (χ3n) is 3.81. The minimum absolute atomic E-state index is 0.0890. The first-order chi connectivity index (χ1) is 12.2. The Labute approximate surface area is 145 Å². The summed E-state index contributed by atoms with van der Waals surface area (Å²) in [6.45, 7) is 0. The summed E-state index contributed by atoms with van der Waals surface area (Å²) in [6.07, 6.45) is 3.65. The van der Waals surface area contributed by atoms with Crippen LogP contribution in [0.15, 0.2) is 36.5 Å². The van der Waals surface area contributed by atoms with E-state index in [-0.39, 0.29) is 5.91 Å². The number of benzene rings is 1. The summed E-state index contributed by atoms with van der Waals surface area (Å²) in [5.74, 6) is 1.52. The highest BCUT2D eigenvalue weighted by Gasteiger charge is 2.11. The standard InChI is InChI=1S/C18H20N4O3/c1-24-15-10-13-14(11-16(15)25-2)21-18(20-13)22-17(23)8-5-7-12-6-3-4-9-19-12/h3-4,6,9-11H,5,7-8H2,1-2H3,(H2,20,21,22,23). The number of pyridine rings is 1. The van der Waals surface area contributed by atoms with Gasteiger partial charge in [0.25, 0.3) is 0 Å².